The Kier molecular flexibility index (Phi) is 5.10. The lowest BCUT2D eigenvalue weighted by molar-refractivity contribution is -0.116. The first kappa shape index (κ1) is 16.4. The third-order valence-electron chi connectivity index (χ3n) is 3.65. The van der Waals surface area contributed by atoms with E-state index in [4.69, 9.17) is 4.74 Å². The topological polar surface area (TPSA) is 68.5 Å². The van der Waals surface area contributed by atoms with Crippen molar-refractivity contribution in [1.29, 1.82) is 0 Å². The molecule has 7 heteroatoms. The molecule has 1 amide bonds. The number of nitrogens with zero attached hydrogens (tertiary/aromatic N) is 3. The predicted molar refractivity (Wildman–Crippen MR) is 94.8 cm³/mol. The summed E-state index contributed by atoms with van der Waals surface area (Å²) in [6.45, 7) is 4.58. The number of benzene rings is 1. The highest BCUT2D eigenvalue weighted by molar-refractivity contribution is 7.15. The molecule has 0 saturated carbocycles. The summed E-state index contributed by atoms with van der Waals surface area (Å²) in [4.78, 5) is 17.0. The SMILES string of the molecule is CCc1ccc(OCCCC(=O)Nc2nc3scc(C)n3n2)cc1. The van der Waals surface area contributed by atoms with Crippen LogP contribution < -0.4 is 10.1 Å². The normalized spacial score (nSPS) is 10.9. The molecule has 6 nitrogen and oxygen atoms in total. The largest absolute Gasteiger partial charge is 0.494 e. The molecule has 0 unspecified atom stereocenters. The second kappa shape index (κ2) is 7.44. The molecule has 126 valence electrons. The maximum Gasteiger partial charge on any atom is 0.250 e. The average Bonchev–Trinajstić information content (AvgIpc) is 3.14. The van der Waals surface area contributed by atoms with Gasteiger partial charge in [-0.25, -0.2) is 4.52 Å². The van der Waals surface area contributed by atoms with Gasteiger partial charge in [-0.2, -0.15) is 4.98 Å². The van der Waals surface area contributed by atoms with Crippen LogP contribution in [0.2, 0.25) is 0 Å². The van der Waals surface area contributed by atoms with E-state index < -0.39 is 0 Å². The molecule has 0 bridgehead atoms. The Hall–Kier alpha value is -2.41. The van der Waals surface area contributed by atoms with Gasteiger partial charge in [0.05, 0.1) is 12.3 Å². The number of aromatic nitrogens is 3. The van der Waals surface area contributed by atoms with E-state index in [2.05, 4.69) is 34.5 Å². The van der Waals surface area contributed by atoms with Gasteiger partial charge in [-0.05, 0) is 37.5 Å². The Morgan fingerprint density at radius 1 is 1.33 bits per heavy atom. The first-order valence-electron chi connectivity index (χ1n) is 7.98. The maximum atomic E-state index is 11.9. The summed E-state index contributed by atoms with van der Waals surface area (Å²) >= 11 is 1.50. The van der Waals surface area contributed by atoms with Crippen LogP contribution in [0.1, 0.15) is 31.0 Å². The van der Waals surface area contributed by atoms with Crippen molar-refractivity contribution in [2.24, 2.45) is 0 Å². The van der Waals surface area contributed by atoms with Gasteiger partial charge in [0.25, 0.3) is 0 Å². The van der Waals surface area contributed by atoms with Crippen LogP contribution in [0.3, 0.4) is 0 Å². The van der Waals surface area contributed by atoms with Gasteiger partial charge in [0.15, 0.2) is 0 Å². The van der Waals surface area contributed by atoms with Gasteiger partial charge in [0.2, 0.25) is 16.8 Å². The monoisotopic (exact) mass is 344 g/mol. The van der Waals surface area contributed by atoms with Crippen molar-refractivity contribution in [1.82, 2.24) is 14.6 Å². The predicted octanol–water partition coefficient (Wildman–Crippen LogP) is 3.46. The second-order valence-electron chi connectivity index (χ2n) is 5.50. The van der Waals surface area contributed by atoms with Crippen molar-refractivity contribution < 1.29 is 9.53 Å². The first-order valence-corrected chi connectivity index (χ1v) is 8.86. The summed E-state index contributed by atoms with van der Waals surface area (Å²) in [6.07, 6.45) is 2.03. The number of rotatable bonds is 7. The highest BCUT2D eigenvalue weighted by Gasteiger charge is 2.10. The molecule has 3 rings (SSSR count). The lowest BCUT2D eigenvalue weighted by Gasteiger charge is -2.06. The fraction of sp³-hybridized carbons (Fsp3) is 0.353. The quantitative estimate of drug-likeness (QED) is 0.667. The Morgan fingerprint density at radius 2 is 2.12 bits per heavy atom. The van der Waals surface area contributed by atoms with Crippen molar-refractivity contribution in [3.63, 3.8) is 0 Å². The number of hydrogen-bond donors (Lipinski definition) is 1. The number of carbonyl (C=O) groups excluding carboxylic acids is 1. The molecular weight excluding hydrogens is 324 g/mol. The van der Waals surface area contributed by atoms with Gasteiger partial charge in [-0.3, -0.25) is 10.1 Å². The van der Waals surface area contributed by atoms with Crippen molar-refractivity contribution >= 4 is 28.2 Å². The number of carbonyl (C=O) groups is 1. The highest BCUT2D eigenvalue weighted by atomic mass is 32.1. The molecule has 0 atom stereocenters. The number of amides is 1. The van der Waals surface area contributed by atoms with Crippen LogP contribution in [0.25, 0.3) is 4.96 Å². The molecule has 0 aliphatic heterocycles. The first-order chi connectivity index (χ1) is 11.7. The lowest BCUT2D eigenvalue weighted by Crippen LogP contribution is -2.14. The Balaban J connectivity index is 1.41. The molecule has 2 heterocycles. The number of anilines is 1. The molecule has 1 aromatic carbocycles. The minimum absolute atomic E-state index is 0.101. The summed E-state index contributed by atoms with van der Waals surface area (Å²) in [5, 5.41) is 8.96. The van der Waals surface area contributed by atoms with Gasteiger partial charge >= 0.3 is 0 Å². The summed E-state index contributed by atoms with van der Waals surface area (Å²) in [6, 6.07) is 8.03. The van der Waals surface area contributed by atoms with Crippen LogP contribution >= 0.6 is 11.3 Å². The van der Waals surface area contributed by atoms with Crippen molar-refractivity contribution in [2.45, 2.75) is 33.1 Å². The van der Waals surface area contributed by atoms with E-state index in [1.165, 1.54) is 16.9 Å². The Morgan fingerprint density at radius 3 is 2.83 bits per heavy atom. The Labute approximate surface area is 144 Å². The van der Waals surface area contributed by atoms with Gasteiger partial charge in [-0.15, -0.1) is 16.4 Å². The summed E-state index contributed by atoms with van der Waals surface area (Å²) in [7, 11) is 0. The van der Waals surface area contributed by atoms with E-state index in [0.717, 1.165) is 22.8 Å². The van der Waals surface area contributed by atoms with Gasteiger partial charge in [-0.1, -0.05) is 19.1 Å². The molecule has 1 N–H and O–H groups in total. The average molecular weight is 344 g/mol. The van der Waals surface area contributed by atoms with Crippen molar-refractivity contribution in [2.75, 3.05) is 11.9 Å². The van der Waals surface area contributed by atoms with E-state index in [-0.39, 0.29) is 5.91 Å². The molecule has 0 saturated heterocycles. The number of fused-ring (bicyclic) bond motifs is 1. The summed E-state index contributed by atoms with van der Waals surface area (Å²) in [5.74, 6) is 1.08. The van der Waals surface area contributed by atoms with Crippen molar-refractivity contribution in [3.05, 3.63) is 40.9 Å². The van der Waals surface area contributed by atoms with Gasteiger partial charge in [0, 0.05) is 11.8 Å². The summed E-state index contributed by atoms with van der Waals surface area (Å²) in [5.41, 5.74) is 2.29. The fourth-order valence-electron chi connectivity index (χ4n) is 2.28. The molecule has 0 radical (unpaired) electrons. The third kappa shape index (κ3) is 3.91. The second-order valence-corrected chi connectivity index (χ2v) is 6.34. The van der Waals surface area contributed by atoms with Gasteiger partial charge < -0.3 is 4.74 Å². The van der Waals surface area contributed by atoms with Crippen molar-refractivity contribution in [3.8, 4) is 5.75 Å². The van der Waals surface area contributed by atoms with Crippen LogP contribution in [-0.2, 0) is 11.2 Å². The number of thiazole rings is 1. The van der Waals surface area contributed by atoms with Crippen LogP contribution in [0.4, 0.5) is 5.95 Å². The van der Waals surface area contributed by atoms with E-state index >= 15 is 0 Å². The third-order valence-corrected chi connectivity index (χ3v) is 4.58. The number of hydrogen-bond acceptors (Lipinski definition) is 5. The highest BCUT2D eigenvalue weighted by Crippen LogP contribution is 2.16. The molecular formula is C17H20N4O2S. The minimum atomic E-state index is -0.101. The molecule has 0 fully saturated rings. The molecule has 3 aromatic rings. The van der Waals surface area contributed by atoms with E-state index in [0.29, 0.717) is 25.4 Å². The smallest absolute Gasteiger partial charge is 0.250 e. The van der Waals surface area contributed by atoms with Crippen LogP contribution in [0.5, 0.6) is 5.75 Å². The minimum Gasteiger partial charge on any atom is -0.494 e. The fourth-order valence-corrected chi connectivity index (χ4v) is 3.08. The Bertz CT molecular complexity index is 823. The lowest BCUT2D eigenvalue weighted by atomic mass is 10.2. The standard InChI is InChI=1S/C17H20N4O2S/c1-3-13-6-8-14(9-7-13)23-10-4-5-15(22)18-16-19-17-21(20-16)12(2)11-24-17/h6-9,11H,3-5,10H2,1-2H3,(H,18,20,22). The number of aryl methyl sites for hydroxylation is 2. The molecule has 2 aromatic heterocycles. The zero-order valence-corrected chi connectivity index (χ0v) is 14.6. The zero-order chi connectivity index (χ0) is 16.9. The summed E-state index contributed by atoms with van der Waals surface area (Å²) < 4.78 is 7.37. The van der Waals surface area contributed by atoms with Crippen LogP contribution in [-0.4, -0.2) is 27.1 Å². The van der Waals surface area contributed by atoms with E-state index in [9.17, 15) is 4.79 Å². The van der Waals surface area contributed by atoms with Crippen LogP contribution in [0, 0.1) is 6.92 Å². The molecule has 0 spiro atoms. The van der Waals surface area contributed by atoms with E-state index in [1.54, 1.807) is 4.52 Å². The number of ether oxygens (including phenoxy) is 1. The number of nitrogens with one attached hydrogen (secondary N) is 1. The maximum absolute atomic E-state index is 11.9. The van der Waals surface area contributed by atoms with Gasteiger partial charge in [0.1, 0.15) is 5.75 Å². The molecule has 0 aliphatic rings. The van der Waals surface area contributed by atoms with Crippen LogP contribution in [0.15, 0.2) is 29.6 Å². The zero-order valence-electron chi connectivity index (χ0n) is 13.8. The van der Waals surface area contributed by atoms with E-state index in [1.807, 2.05) is 24.4 Å². The molecule has 24 heavy (non-hydrogen) atoms. The molecule has 0 aliphatic carbocycles.